The van der Waals surface area contributed by atoms with Crippen molar-refractivity contribution in [1.82, 2.24) is 10.2 Å². The zero-order valence-corrected chi connectivity index (χ0v) is 10.2. The van der Waals surface area contributed by atoms with Gasteiger partial charge in [-0.05, 0) is 19.1 Å². The van der Waals surface area contributed by atoms with Gasteiger partial charge in [0.25, 0.3) is 0 Å². The Hall–Kier alpha value is -1.33. The Balaban J connectivity index is 1.91. The summed E-state index contributed by atoms with van der Waals surface area (Å²) in [5.41, 5.74) is 0. The molecule has 1 N–H and O–H groups in total. The molecule has 1 saturated heterocycles. The third kappa shape index (κ3) is 3.08. The lowest BCUT2D eigenvalue weighted by atomic mass is 10.2. The molecular formula is C12H18N2O3. The summed E-state index contributed by atoms with van der Waals surface area (Å²) >= 11 is 0. The van der Waals surface area contributed by atoms with Gasteiger partial charge in [0.15, 0.2) is 0 Å². The Morgan fingerprint density at radius 2 is 2.41 bits per heavy atom. The van der Waals surface area contributed by atoms with Gasteiger partial charge in [0.1, 0.15) is 17.6 Å². The number of nitrogens with zero attached hydrogens (tertiary/aromatic N) is 1. The Bertz CT molecular complexity index is 389. The zero-order chi connectivity index (χ0) is 12.3. The van der Waals surface area contributed by atoms with Gasteiger partial charge in [-0.1, -0.05) is 0 Å². The van der Waals surface area contributed by atoms with Gasteiger partial charge in [-0.25, -0.2) is 0 Å². The summed E-state index contributed by atoms with van der Waals surface area (Å²) in [5.74, 6) is 1.78. The molecule has 1 aromatic rings. The molecule has 0 radical (unpaired) electrons. The molecule has 0 spiro atoms. The van der Waals surface area contributed by atoms with E-state index in [1.54, 1.807) is 7.05 Å². The number of hydrogen-bond acceptors (Lipinski definition) is 4. The maximum Gasteiger partial charge on any atom is 0.250 e. The highest BCUT2D eigenvalue weighted by atomic mass is 16.5. The van der Waals surface area contributed by atoms with Crippen LogP contribution in [0.3, 0.4) is 0 Å². The van der Waals surface area contributed by atoms with E-state index in [2.05, 4.69) is 10.2 Å². The molecule has 0 aromatic carbocycles. The lowest BCUT2D eigenvalue weighted by molar-refractivity contribution is -0.138. The van der Waals surface area contributed by atoms with Crippen molar-refractivity contribution in [3.8, 4) is 0 Å². The molecule has 0 saturated carbocycles. The van der Waals surface area contributed by atoms with Crippen LogP contribution in [0.4, 0.5) is 0 Å². The van der Waals surface area contributed by atoms with Crippen LogP contribution in [0.1, 0.15) is 11.5 Å². The predicted octanol–water partition coefficient (Wildman–Crippen LogP) is 0.535. The second kappa shape index (κ2) is 5.33. The first-order valence-corrected chi connectivity index (χ1v) is 5.80. The maximum atomic E-state index is 11.5. The molecule has 5 heteroatoms. The van der Waals surface area contributed by atoms with E-state index in [1.165, 1.54) is 0 Å². The topological polar surface area (TPSA) is 54.7 Å². The summed E-state index contributed by atoms with van der Waals surface area (Å²) in [7, 11) is 1.63. The van der Waals surface area contributed by atoms with E-state index < -0.39 is 0 Å². The number of carbonyl (C=O) groups excluding carboxylic acids is 1. The molecule has 1 aliphatic rings. The molecule has 0 aliphatic carbocycles. The number of furan rings is 1. The Labute approximate surface area is 101 Å². The van der Waals surface area contributed by atoms with Gasteiger partial charge in [0.2, 0.25) is 5.91 Å². The molecule has 1 atom stereocenters. The number of amides is 1. The normalized spacial score (nSPS) is 21.4. The molecule has 5 nitrogen and oxygen atoms in total. The number of nitrogens with one attached hydrogen (secondary N) is 1. The number of ether oxygens (including phenoxy) is 1. The summed E-state index contributed by atoms with van der Waals surface area (Å²) in [6.45, 7) is 4.67. The molecular weight excluding hydrogens is 220 g/mol. The fourth-order valence-corrected chi connectivity index (χ4v) is 1.96. The molecule has 17 heavy (non-hydrogen) atoms. The van der Waals surface area contributed by atoms with Gasteiger partial charge >= 0.3 is 0 Å². The Morgan fingerprint density at radius 3 is 3.06 bits per heavy atom. The number of morpholine rings is 1. The van der Waals surface area contributed by atoms with E-state index in [9.17, 15) is 4.79 Å². The SMILES string of the molecule is CNC(=O)[C@@H]1CN(Cc2ccc(C)o2)CCO1. The highest BCUT2D eigenvalue weighted by Gasteiger charge is 2.26. The van der Waals surface area contributed by atoms with Crippen molar-refractivity contribution in [2.24, 2.45) is 0 Å². The van der Waals surface area contributed by atoms with Crippen LogP contribution >= 0.6 is 0 Å². The van der Waals surface area contributed by atoms with Crippen molar-refractivity contribution in [1.29, 1.82) is 0 Å². The molecule has 1 fully saturated rings. The number of hydrogen-bond donors (Lipinski definition) is 1. The van der Waals surface area contributed by atoms with Gasteiger partial charge in [-0.3, -0.25) is 9.69 Å². The Morgan fingerprint density at radius 1 is 1.59 bits per heavy atom. The first-order valence-electron chi connectivity index (χ1n) is 5.80. The summed E-state index contributed by atoms with van der Waals surface area (Å²) < 4.78 is 10.9. The van der Waals surface area contributed by atoms with E-state index in [-0.39, 0.29) is 12.0 Å². The minimum Gasteiger partial charge on any atom is -0.465 e. The first kappa shape index (κ1) is 12.1. The molecule has 0 bridgehead atoms. The largest absolute Gasteiger partial charge is 0.465 e. The molecule has 0 unspecified atom stereocenters. The van der Waals surface area contributed by atoms with Crippen molar-refractivity contribution in [2.45, 2.75) is 19.6 Å². The maximum absolute atomic E-state index is 11.5. The van der Waals surface area contributed by atoms with E-state index >= 15 is 0 Å². The van der Waals surface area contributed by atoms with Gasteiger partial charge in [0, 0.05) is 20.1 Å². The van der Waals surface area contributed by atoms with Gasteiger partial charge < -0.3 is 14.5 Å². The number of likely N-dealkylation sites (N-methyl/N-ethyl adjacent to an activating group) is 1. The zero-order valence-electron chi connectivity index (χ0n) is 10.2. The van der Waals surface area contributed by atoms with Crippen LogP contribution in [0.5, 0.6) is 0 Å². The van der Waals surface area contributed by atoms with Crippen LogP contribution in [0.25, 0.3) is 0 Å². The van der Waals surface area contributed by atoms with Crippen molar-refractivity contribution in [3.05, 3.63) is 23.7 Å². The second-order valence-electron chi connectivity index (χ2n) is 4.22. The lowest BCUT2D eigenvalue weighted by Crippen LogP contribution is -2.48. The van der Waals surface area contributed by atoms with Crippen LogP contribution in [-0.4, -0.2) is 43.7 Å². The minimum atomic E-state index is -0.371. The third-order valence-corrected chi connectivity index (χ3v) is 2.86. The van der Waals surface area contributed by atoms with Crippen molar-refractivity contribution in [2.75, 3.05) is 26.7 Å². The fourth-order valence-electron chi connectivity index (χ4n) is 1.96. The number of carbonyl (C=O) groups is 1. The van der Waals surface area contributed by atoms with Crippen molar-refractivity contribution >= 4 is 5.91 Å². The first-order chi connectivity index (χ1) is 8.19. The van der Waals surface area contributed by atoms with Gasteiger partial charge in [0.05, 0.1) is 13.2 Å². The molecule has 2 heterocycles. The fraction of sp³-hybridized carbons (Fsp3) is 0.583. The van der Waals surface area contributed by atoms with E-state index in [0.29, 0.717) is 13.2 Å². The summed E-state index contributed by atoms with van der Waals surface area (Å²) in [6, 6.07) is 3.92. The van der Waals surface area contributed by atoms with Crippen LogP contribution in [-0.2, 0) is 16.1 Å². The highest BCUT2D eigenvalue weighted by Crippen LogP contribution is 2.13. The molecule has 1 aromatic heterocycles. The van der Waals surface area contributed by atoms with Gasteiger partial charge in [-0.15, -0.1) is 0 Å². The van der Waals surface area contributed by atoms with Gasteiger partial charge in [-0.2, -0.15) is 0 Å². The van der Waals surface area contributed by atoms with E-state index in [4.69, 9.17) is 9.15 Å². The van der Waals surface area contributed by atoms with Crippen LogP contribution in [0.15, 0.2) is 16.5 Å². The average Bonchev–Trinajstić information content (AvgIpc) is 2.74. The smallest absolute Gasteiger partial charge is 0.250 e. The molecule has 2 rings (SSSR count). The minimum absolute atomic E-state index is 0.0645. The molecule has 1 aliphatic heterocycles. The monoisotopic (exact) mass is 238 g/mol. The average molecular weight is 238 g/mol. The van der Waals surface area contributed by atoms with Crippen molar-refractivity contribution < 1.29 is 13.9 Å². The van der Waals surface area contributed by atoms with Crippen LogP contribution < -0.4 is 5.32 Å². The summed E-state index contributed by atoms with van der Waals surface area (Å²) in [4.78, 5) is 13.7. The standard InChI is InChI=1S/C12H18N2O3/c1-9-3-4-10(17-9)7-14-5-6-16-11(8-14)12(15)13-2/h3-4,11H,5-8H2,1-2H3,(H,13,15)/t11-/m0/s1. The molecule has 1 amide bonds. The number of aryl methyl sites for hydroxylation is 1. The predicted molar refractivity (Wildman–Crippen MR) is 62.5 cm³/mol. The second-order valence-corrected chi connectivity index (χ2v) is 4.22. The van der Waals surface area contributed by atoms with E-state index in [0.717, 1.165) is 24.6 Å². The Kier molecular flexibility index (Phi) is 3.81. The van der Waals surface area contributed by atoms with E-state index in [1.807, 2.05) is 19.1 Å². The quantitative estimate of drug-likeness (QED) is 0.835. The summed E-state index contributed by atoms with van der Waals surface area (Å²) in [6.07, 6.45) is -0.371. The van der Waals surface area contributed by atoms with Crippen LogP contribution in [0, 0.1) is 6.92 Å². The third-order valence-electron chi connectivity index (χ3n) is 2.86. The summed E-state index contributed by atoms with van der Waals surface area (Å²) in [5, 5.41) is 2.61. The highest BCUT2D eigenvalue weighted by molar-refractivity contribution is 5.80. The lowest BCUT2D eigenvalue weighted by Gasteiger charge is -2.31. The van der Waals surface area contributed by atoms with Crippen molar-refractivity contribution in [3.63, 3.8) is 0 Å². The number of rotatable bonds is 3. The molecule has 94 valence electrons. The van der Waals surface area contributed by atoms with Crippen LogP contribution in [0.2, 0.25) is 0 Å².